The molecule has 0 aromatic heterocycles. The first-order chi connectivity index (χ1) is 24.3. The Hall–Kier alpha value is -0.950. The Bertz CT molecular complexity index is 793. The van der Waals surface area contributed by atoms with Crippen molar-refractivity contribution in [2.24, 2.45) is 0 Å². The Labute approximate surface area is 308 Å². The van der Waals surface area contributed by atoms with Crippen LogP contribution in [-0.2, 0) is 32.7 Å². The molecule has 0 spiro atoms. The zero-order valence-corrected chi connectivity index (χ0v) is 34.0. The summed E-state index contributed by atoms with van der Waals surface area (Å²) >= 11 is 0. The molecule has 0 saturated carbocycles. The van der Waals surface area contributed by atoms with Crippen molar-refractivity contribution in [1.29, 1.82) is 0 Å². The normalized spacial score (nSPS) is 13.3. The zero-order valence-electron chi connectivity index (χ0n) is 33.1. The van der Waals surface area contributed by atoms with Gasteiger partial charge in [0.2, 0.25) is 0 Å². The fourth-order valence-corrected chi connectivity index (χ4v) is 6.77. The van der Waals surface area contributed by atoms with E-state index in [1.165, 1.54) is 161 Å². The molecule has 2 unspecified atom stereocenters. The summed E-state index contributed by atoms with van der Waals surface area (Å²) < 4.78 is 31.9. The van der Waals surface area contributed by atoms with Crippen LogP contribution in [0.5, 0.6) is 0 Å². The molecular formula is C41H81O8P. The summed E-state index contributed by atoms with van der Waals surface area (Å²) in [4.78, 5) is 34.3. The molecule has 0 fully saturated rings. The topological polar surface area (TPSA) is 108 Å². The van der Waals surface area contributed by atoms with Crippen molar-refractivity contribution in [3.05, 3.63) is 0 Å². The molecule has 0 amide bonds. The van der Waals surface area contributed by atoms with E-state index in [1.807, 2.05) is 0 Å². The third kappa shape index (κ3) is 36.8. The fourth-order valence-electron chi connectivity index (χ4n) is 6.31. The van der Waals surface area contributed by atoms with Gasteiger partial charge in [-0.05, 0) is 12.8 Å². The van der Waals surface area contributed by atoms with Gasteiger partial charge >= 0.3 is 19.8 Å². The fraction of sp³-hybridized carbons (Fsp3) is 0.951. The van der Waals surface area contributed by atoms with Crippen LogP contribution < -0.4 is 0 Å². The first-order valence-corrected chi connectivity index (χ1v) is 22.7. The zero-order chi connectivity index (χ0) is 36.8. The molecule has 0 radical (unpaired) electrons. The van der Waals surface area contributed by atoms with Crippen molar-refractivity contribution >= 4 is 19.8 Å². The lowest BCUT2D eigenvalue weighted by Crippen LogP contribution is -2.29. The molecule has 1 N–H and O–H groups in total. The minimum Gasteiger partial charge on any atom is -0.462 e. The number of phosphoric acid groups is 1. The van der Waals surface area contributed by atoms with Crippen molar-refractivity contribution in [2.45, 2.75) is 232 Å². The number of carbonyl (C=O) groups is 2. The molecule has 9 heteroatoms. The third-order valence-corrected chi connectivity index (χ3v) is 10.5. The van der Waals surface area contributed by atoms with Crippen LogP contribution in [0.15, 0.2) is 0 Å². The molecule has 0 bridgehead atoms. The van der Waals surface area contributed by atoms with Gasteiger partial charge in [-0.3, -0.25) is 18.6 Å². The first-order valence-electron chi connectivity index (χ1n) is 21.2. The van der Waals surface area contributed by atoms with Crippen molar-refractivity contribution < 1.29 is 37.6 Å². The average Bonchev–Trinajstić information content (AvgIpc) is 3.10. The van der Waals surface area contributed by atoms with Crippen molar-refractivity contribution in [3.63, 3.8) is 0 Å². The van der Waals surface area contributed by atoms with Crippen LogP contribution in [0.3, 0.4) is 0 Å². The Kier molecular flexibility index (Phi) is 37.1. The molecule has 298 valence electrons. The lowest BCUT2D eigenvalue weighted by Gasteiger charge is -2.19. The largest absolute Gasteiger partial charge is 0.472 e. The predicted octanol–water partition coefficient (Wildman–Crippen LogP) is 13.1. The molecule has 0 aliphatic carbocycles. The maximum atomic E-state index is 12.5. The first kappa shape index (κ1) is 49.0. The van der Waals surface area contributed by atoms with Crippen LogP contribution in [0.25, 0.3) is 0 Å². The number of hydrogen-bond acceptors (Lipinski definition) is 7. The van der Waals surface area contributed by atoms with Crippen LogP contribution in [0, 0.1) is 0 Å². The summed E-state index contributed by atoms with van der Waals surface area (Å²) in [5.74, 6) is -0.792. The molecule has 0 saturated heterocycles. The number of unbranched alkanes of at least 4 members (excludes halogenated alkanes) is 29. The van der Waals surface area contributed by atoms with Crippen LogP contribution >= 0.6 is 7.82 Å². The number of ether oxygens (including phenoxy) is 2. The molecule has 8 nitrogen and oxygen atoms in total. The van der Waals surface area contributed by atoms with Gasteiger partial charge in [0.05, 0.1) is 6.61 Å². The minimum atomic E-state index is -4.25. The minimum absolute atomic E-state index is 0.217. The van der Waals surface area contributed by atoms with E-state index in [0.29, 0.717) is 6.42 Å². The number of esters is 2. The van der Waals surface area contributed by atoms with E-state index in [-0.39, 0.29) is 19.0 Å². The summed E-state index contributed by atoms with van der Waals surface area (Å²) in [6.45, 7) is 3.89. The van der Waals surface area contributed by atoms with Crippen LogP contribution in [0.1, 0.15) is 226 Å². The van der Waals surface area contributed by atoms with Gasteiger partial charge in [-0.25, -0.2) is 4.57 Å². The average molecular weight is 733 g/mol. The van der Waals surface area contributed by atoms with Crippen molar-refractivity contribution in [3.8, 4) is 0 Å². The second-order valence-corrected chi connectivity index (χ2v) is 16.1. The third-order valence-electron chi connectivity index (χ3n) is 9.60. The van der Waals surface area contributed by atoms with Crippen molar-refractivity contribution in [1.82, 2.24) is 0 Å². The standard InChI is InChI=1S/C41H81O8P/c1-4-6-8-10-12-14-15-16-17-18-19-20-21-22-23-24-25-26-28-30-32-34-36-41(43)49-39(38-48-50(44,45)46-3)37-47-40(42)35-33-31-29-27-13-11-9-7-5-2/h39H,4-38H2,1-3H3,(H,44,45). The Morgan fingerprint density at radius 1 is 0.480 bits per heavy atom. The maximum absolute atomic E-state index is 12.5. The van der Waals surface area contributed by atoms with E-state index in [1.54, 1.807) is 0 Å². The van der Waals surface area contributed by atoms with Crippen molar-refractivity contribution in [2.75, 3.05) is 20.3 Å². The molecule has 0 rings (SSSR count). The summed E-state index contributed by atoms with van der Waals surface area (Å²) in [7, 11) is -3.18. The van der Waals surface area contributed by atoms with Gasteiger partial charge in [-0.2, -0.15) is 0 Å². The second kappa shape index (κ2) is 37.8. The van der Waals surface area contributed by atoms with Crippen LogP contribution in [0.2, 0.25) is 0 Å². The van der Waals surface area contributed by atoms with Gasteiger partial charge in [-0.1, -0.05) is 200 Å². The highest BCUT2D eigenvalue weighted by Crippen LogP contribution is 2.42. The molecule has 2 atom stereocenters. The summed E-state index contributed by atoms with van der Waals surface area (Å²) in [5.41, 5.74) is 0. The molecule has 0 aromatic rings. The SMILES string of the molecule is CCCCCCCCCCCCCCCCCCCCCCCCC(=O)OC(COC(=O)CCCCCCCCCCC)COP(=O)(O)OC. The van der Waals surface area contributed by atoms with E-state index in [2.05, 4.69) is 18.4 Å². The quantitative estimate of drug-likeness (QED) is 0.0377. The van der Waals surface area contributed by atoms with E-state index >= 15 is 0 Å². The number of rotatable bonds is 40. The second-order valence-electron chi connectivity index (χ2n) is 14.5. The Balaban J connectivity index is 3.84. The predicted molar refractivity (Wildman–Crippen MR) is 207 cm³/mol. The van der Waals surface area contributed by atoms with Gasteiger partial charge in [-0.15, -0.1) is 0 Å². The van der Waals surface area contributed by atoms with Crippen LogP contribution in [-0.4, -0.2) is 43.3 Å². The molecule has 0 aromatic carbocycles. The molecular weight excluding hydrogens is 651 g/mol. The summed E-state index contributed by atoms with van der Waals surface area (Å²) in [6.07, 6.45) is 38.9. The lowest BCUT2D eigenvalue weighted by molar-refractivity contribution is -0.161. The number of carbonyl (C=O) groups excluding carboxylic acids is 2. The highest BCUT2D eigenvalue weighted by Gasteiger charge is 2.24. The van der Waals surface area contributed by atoms with E-state index in [9.17, 15) is 19.0 Å². The number of hydrogen-bond donors (Lipinski definition) is 1. The molecule has 0 aliphatic rings. The molecule has 0 heterocycles. The lowest BCUT2D eigenvalue weighted by atomic mass is 10.0. The monoisotopic (exact) mass is 733 g/mol. The van der Waals surface area contributed by atoms with Gasteiger partial charge in [0, 0.05) is 20.0 Å². The summed E-state index contributed by atoms with van der Waals surface area (Å²) in [6, 6.07) is 0. The highest BCUT2D eigenvalue weighted by molar-refractivity contribution is 7.47. The van der Waals surface area contributed by atoms with E-state index < -0.39 is 26.5 Å². The Morgan fingerprint density at radius 2 is 0.780 bits per heavy atom. The maximum Gasteiger partial charge on any atom is 0.472 e. The number of phosphoric ester groups is 1. The van der Waals surface area contributed by atoms with Crippen LogP contribution in [0.4, 0.5) is 0 Å². The van der Waals surface area contributed by atoms with E-state index in [4.69, 9.17) is 14.0 Å². The smallest absolute Gasteiger partial charge is 0.462 e. The van der Waals surface area contributed by atoms with Gasteiger partial charge in [0.1, 0.15) is 6.61 Å². The van der Waals surface area contributed by atoms with Gasteiger partial charge in [0.15, 0.2) is 6.10 Å². The Morgan fingerprint density at radius 3 is 1.10 bits per heavy atom. The molecule has 50 heavy (non-hydrogen) atoms. The van der Waals surface area contributed by atoms with E-state index in [0.717, 1.165) is 45.6 Å². The highest BCUT2D eigenvalue weighted by atomic mass is 31.2. The van der Waals surface area contributed by atoms with Gasteiger partial charge in [0.25, 0.3) is 0 Å². The summed E-state index contributed by atoms with van der Waals surface area (Å²) in [5, 5.41) is 0. The van der Waals surface area contributed by atoms with Gasteiger partial charge < -0.3 is 14.4 Å². The molecule has 0 aliphatic heterocycles.